The van der Waals surface area contributed by atoms with Crippen LogP contribution in [0.5, 0.6) is 0 Å². The van der Waals surface area contributed by atoms with E-state index in [-0.39, 0.29) is 11.5 Å². The summed E-state index contributed by atoms with van der Waals surface area (Å²) in [7, 11) is 0. The van der Waals surface area contributed by atoms with Gasteiger partial charge >= 0.3 is 0 Å². The molecule has 1 aromatic carbocycles. The van der Waals surface area contributed by atoms with E-state index in [1.165, 1.54) is 13.0 Å². The summed E-state index contributed by atoms with van der Waals surface area (Å²) in [5.74, 6) is -1.21. The molecule has 1 aromatic rings. The zero-order valence-electron chi connectivity index (χ0n) is 10.2. The number of rotatable bonds is 4. The van der Waals surface area contributed by atoms with Gasteiger partial charge in [-0.15, -0.1) is 0 Å². The van der Waals surface area contributed by atoms with E-state index in [1.54, 1.807) is 0 Å². The van der Waals surface area contributed by atoms with Gasteiger partial charge in [0.2, 0.25) is 5.91 Å². The van der Waals surface area contributed by atoms with Gasteiger partial charge < -0.3 is 16.0 Å². The van der Waals surface area contributed by atoms with Gasteiger partial charge in [-0.3, -0.25) is 19.7 Å². The molecule has 2 amide bonds. The largest absolute Gasteiger partial charge is 0.366 e. The number of nitro benzene ring substituents is 1. The Morgan fingerprint density at radius 2 is 2.05 bits per heavy atom. The van der Waals surface area contributed by atoms with Gasteiger partial charge in [0.25, 0.3) is 11.6 Å². The molecule has 0 saturated carbocycles. The highest BCUT2D eigenvalue weighted by atomic mass is 16.6. The van der Waals surface area contributed by atoms with Crippen LogP contribution in [0.25, 0.3) is 0 Å². The minimum atomic E-state index is -0.871. The molecule has 0 bridgehead atoms. The maximum absolute atomic E-state index is 11.3. The number of primary amides is 1. The number of carbonyl (C=O) groups is 2. The lowest BCUT2D eigenvalue weighted by Gasteiger charge is -2.12. The number of anilines is 2. The number of hydrogen-bond donors (Lipinski definition) is 2. The molecule has 1 fully saturated rings. The van der Waals surface area contributed by atoms with Gasteiger partial charge in [-0.2, -0.15) is 0 Å². The van der Waals surface area contributed by atoms with Crippen LogP contribution in [0.1, 0.15) is 17.3 Å². The van der Waals surface area contributed by atoms with Crippen molar-refractivity contribution in [2.75, 3.05) is 23.3 Å². The fourth-order valence-electron chi connectivity index (χ4n) is 1.77. The number of hydrogen-bond acceptors (Lipinski definition) is 5. The van der Waals surface area contributed by atoms with E-state index in [0.717, 1.165) is 19.2 Å². The Balaban J connectivity index is 2.58. The number of amides is 2. The predicted molar refractivity (Wildman–Crippen MR) is 68.1 cm³/mol. The fourth-order valence-corrected chi connectivity index (χ4v) is 1.77. The smallest absolute Gasteiger partial charge is 0.284 e. The van der Waals surface area contributed by atoms with Gasteiger partial charge in [-0.1, -0.05) is 0 Å². The summed E-state index contributed by atoms with van der Waals surface area (Å²) in [5, 5.41) is 13.5. The third kappa shape index (κ3) is 2.62. The Morgan fingerprint density at radius 1 is 1.42 bits per heavy atom. The summed E-state index contributed by atoms with van der Waals surface area (Å²) in [5.41, 5.74) is 5.43. The Kier molecular flexibility index (Phi) is 3.07. The van der Waals surface area contributed by atoms with Crippen LogP contribution in [-0.2, 0) is 4.79 Å². The quantitative estimate of drug-likeness (QED) is 0.465. The SMILES string of the molecule is CC(=O)Nc1cc([N+](=O)[O-])c(C(N)=O)cc1N1CC1. The van der Waals surface area contributed by atoms with E-state index < -0.39 is 16.5 Å². The summed E-state index contributed by atoms with van der Waals surface area (Å²) in [6.07, 6.45) is 0. The molecular formula is C11H12N4O4. The van der Waals surface area contributed by atoms with Crippen molar-refractivity contribution in [2.24, 2.45) is 5.73 Å². The maximum Gasteiger partial charge on any atom is 0.284 e. The average molecular weight is 264 g/mol. The molecule has 0 aromatic heterocycles. The van der Waals surface area contributed by atoms with Crippen molar-refractivity contribution in [3.05, 3.63) is 27.8 Å². The standard InChI is InChI=1S/C11H12N4O4/c1-6(16)13-8-5-9(15(18)19)7(11(12)17)4-10(8)14-2-3-14/h4-5H,2-3H2,1H3,(H2,12,17)(H,13,16). The number of nitrogens with zero attached hydrogens (tertiary/aromatic N) is 2. The van der Waals surface area contributed by atoms with Gasteiger partial charge in [-0.25, -0.2) is 0 Å². The molecule has 8 nitrogen and oxygen atoms in total. The Hall–Kier alpha value is -2.64. The van der Waals surface area contributed by atoms with Crippen LogP contribution in [-0.4, -0.2) is 29.8 Å². The summed E-state index contributed by atoms with van der Waals surface area (Å²) in [6, 6.07) is 2.51. The lowest BCUT2D eigenvalue weighted by molar-refractivity contribution is -0.385. The fraction of sp³-hybridized carbons (Fsp3) is 0.273. The molecule has 1 aliphatic rings. The minimum absolute atomic E-state index is 0.166. The van der Waals surface area contributed by atoms with Gasteiger partial charge in [0, 0.05) is 26.1 Å². The summed E-state index contributed by atoms with van der Waals surface area (Å²) in [6.45, 7) is 2.84. The molecule has 2 rings (SSSR count). The molecule has 8 heteroatoms. The lowest BCUT2D eigenvalue weighted by atomic mass is 10.1. The second-order valence-electron chi connectivity index (χ2n) is 4.18. The number of carbonyl (C=O) groups excluding carboxylic acids is 2. The molecule has 0 aliphatic carbocycles. The Labute approximate surface area is 108 Å². The Bertz CT molecular complexity index is 580. The van der Waals surface area contributed by atoms with Gasteiger partial charge in [0.15, 0.2) is 0 Å². The van der Waals surface area contributed by atoms with Crippen LogP contribution in [0.4, 0.5) is 17.1 Å². The molecule has 3 N–H and O–H groups in total. The predicted octanol–water partition coefficient (Wildman–Crippen LogP) is 0.472. The van der Waals surface area contributed by atoms with E-state index in [0.29, 0.717) is 11.4 Å². The molecule has 0 spiro atoms. The van der Waals surface area contributed by atoms with E-state index in [2.05, 4.69) is 5.32 Å². The van der Waals surface area contributed by atoms with E-state index in [1.807, 2.05) is 4.90 Å². The van der Waals surface area contributed by atoms with Crippen LogP contribution < -0.4 is 16.0 Å². The third-order valence-corrected chi connectivity index (χ3v) is 2.67. The van der Waals surface area contributed by atoms with Crippen molar-refractivity contribution >= 4 is 28.9 Å². The van der Waals surface area contributed by atoms with Crippen LogP contribution in [0, 0.1) is 10.1 Å². The van der Waals surface area contributed by atoms with Crippen molar-refractivity contribution < 1.29 is 14.5 Å². The van der Waals surface area contributed by atoms with Crippen molar-refractivity contribution in [3.8, 4) is 0 Å². The molecule has 1 aliphatic heterocycles. The topological polar surface area (TPSA) is 118 Å². The highest BCUT2D eigenvalue weighted by molar-refractivity contribution is 6.02. The van der Waals surface area contributed by atoms with E-state index in [9.17, 15) is 19.7 Å². The second kappa shape index (κ2) is 4.56. The molecule has 0 radical (unpaired) electrons. The third-order valence-electron chi connectivity index (χ3n) is 2.67. The van der Waals surface area contributed by atoms with Gasteiger partial charge in [-0.05, 0) is 6.07 Å². The monoisotopic (exact) mass is 264 g/mol. The summed E-state index contributed by atoms with van der Waals surface area (Å²) >= 11 is 0. The summed E-state index contributed by atoms with van der Waals surface area (Å²) < 4.78 is 0. The zero-order valence-corrected chi connectivity index (χ0v) is 10.2. The first-order chi connectivity index (χ1) is 8.90. The molecule has 19 heavy (non-hydrogen) atoms. The zero-order chi connectivity index (χ0) is 14.2. The maximum atomic E-state index is 11.3. The van der Waals surface area contributed by atoms with Crippen LogP contribution in [0.3, 0.4) is 0 Å². The number of nitrogens with one attached hydrogen (secondary N) is 1. The lowest BCUT2D eigenvalue weighted by Crippen LogP contribution is -2.16. The Morgan fingerprint density at radius 3 is 2.47 bits per heavy atom. The van der Waals surface area contributed by atoms with Crippen LogP contribution in [0.2, 0.25) is 0 Å². The highest BCUT2D eigenvalue weighted by Gasteiger charge is 2.28. The molecule has 1 heterocycles. The first-order valence-corrected chi connectivity index (χ1v) is 5.55. The molecule has 0 unspecified atom stereocenters. The first kappa shape index (κ1) is 12.8. The van der Waals surface area contributed by atoms with Crippen molar-refractivity contribution in [1.29, 1.82) is 0 Å². The first-order valence-electron chi connectivity index (χ1n) is 5.55. The number of nitro groups is 1. The van der Waals surface area contributed by atoms with Crippen molar-refractivity contribution in [1.82, 2.24) is 0 Å². The second-order valence-corrected chi connectivity index (χ2v) is 4.18. The van der Waals surface area contributed by atoms with Crippen LogP contribution in [0.15, 0.2) is 12.1 Å². The highest BCUT2D eigenvalue weighted by Crippen LogP contribution is 2.36. The van der Waals surface area contributed by atoms with Gasteiger partial charge in [0.05, 0.1) is 16.3 Å². The number of nitrogens with two attached hydrogens (primary N) is 1. The number of benzene rings is 1. The van der Waals surface area contributed by atoms with Gasteiger partial charge in [0.1, 0.15) is 5.56 Å². The van der Waals surface area contributed by atoms with Crippen molar-refractivity contribution in [3.63, 3.8) is 0 Å². The molecule has 0 atom stereocenters. The average Bonchev–Trinajstić information content (AvgIpc) is 3.11. The van der Waals surface area contributed by atoms with Crippen LogP contribution >= 0.6 is 0 Å². The minimum Gasteiger partial charge on any atom is -0.366 e. The molecule has 100 valence electrons. The van der Waals surface area contributed by atoms with E-state index >= 15 is 0 Å². The van der Waals surface area contributed by atoms with E-state index in [4.69, 9.17) is 5.73 Å². The molecular weight excluding hydrogens is 252 g/mol. The van der Waals surface area contributed by atoms with Crippen molar-refractivity contribution in [2.45, 2.75) is 6.92 Å². The normalized spacial score (nSPS) is 13.0. The summed E-state index contributed by atoms with van der Waals surface area (Å²) in [4.78, 5) is 34.5. The molecule has 1 saturated heterocycles.